The van der Waals surface area contributed by atoms with Crippen molar-refractivity contribution >= 4 is 34.2 Å². The van der Waals surface area contributed by atoms with E-state index in [0.717, 1.165) is 0 Å². The SMILES string of the molecule is COc1cc(OC)c(NC(=O)Cn2c(=O)cc(C)c3c(C)nn(-c4cccc(F)c4)c32)cc1Cl. The molecule has 1 amide bonds. The summed E-state index contributed by atoms with van der Waals surface area (Å²) in [5, 5.41) is 8.25. The maximum Gasteiger partial charge on any atom is 0.252 e. The van der Waals surface area contributed by atoms with Gasteiger partial charge in [-0.25, -0.2) is 9.07 Å². The lowest BCUT2D eigenvalue weighted by atomic mass is 10.1. The van der Waals surface area contributed by atoms with Gasteiger partial charge in [0.15, 0.2) is 0 Å². The molecule has 0 saturated carbocycles. The van der Waals surface area contributed by atoms with E-state index in [-0.39, 0.29) is 11.6 Å². The van der Waals surface area contributed by atoms with Crippen molar-refractivity contribution in [3.63, 3.8) is 0 Å². The topological polar surface area (TPSA) is 87.4 Å². The highest BCUT2D eigenvalue weighted by molar-refractivity contribution is 6.32. The van der Waals surface area contributed by atoms with E-state index in [1.807, 2.05) is 0 Å². The zero-order valence-corrected chi connectivity index (χ0v) is 19.7. The molecule has 34 heavy (non-hydrogen) atoms. The van der Waals surface area contributed by atoms with Gasteiger partial charge in [0.25, 0.3) is 5.56 Å². The Bertz CT molecular complexity index is 1480. The number of methoxy groups -OCH3 is 2. The fourth-order valence-electron chi connectivity index (χ4n) is 3.90. The quantitative estimate of drug-likeness (QED) is 0.442. The maximum absolute atomic E-state index is 13.9. The first-order valence-corrected chi connectivity index (χ1v) is 10.7. The van der Waals surface area contributed by atoms with Gasteiger partial charge in [-0.2, -0.15) is 5.10 Å². The van der Waals surface area contributed by atoms with Gasteiger partial charge in [-0.15, -0.1) is 0 Å². The van der Waals surface area contributed by atoms with Crippen LogP contribution in [0.1, 0.15) is 11.3 Å². The predicted molar refractivity (Wildman–Crippen MR) is 128 cm³/mol. The molecule has 0 atom stereocenters. The van der Waals surface area contributed by atoms with E-state index in [2.05, 4.69) is 10.4 Å². The molecule has 10 heteroatoms. The van der Waals surface area contributed by atoms with Crippen molar-refractivity contribution in [2.24, 2.45) is 0 Å². The number of hydrogen-bond acceptors (Lipinski definition) is 5. The van der Waals surface area contributed by atoms with Crippen LogP contribution in [-0.2, 0) is 11.3 Å². The average molecular weight is 485 g/mol. The molecule has 0 aliphatic heterocycles. The summed E-state index contributed by atoms with van der Waals surface area (Å²) in [6.07, 6.45) is 0. The lowest BCUT2D eigenvalue weighted by molar-refractivity contribution is -0.116. The number of anilines is 1. The van der Waals surface area contributed by atoms with Gasteiger partial charge in [0.05, 0.1) is 36.3 Å². The summed E-state index contributed by atoms with van der Waals surface area (Å²) in [5.41, 5.74) is 2.11. The molecule has 0 spiro atoms. The van der Waals surface area contributed by atoms with Gasteiger partial charge < -0.3 is 14.8 Å². The number of fused-ring (bicyclic) bond motifs is 1. The number of amides is 1. The molecule has 2 aromatic heterocycles. The van der Waals surface area contributed by atoms with Gasteiger partial charge in [-0.3, -0.25) is 14.2 Å². The third kappa shape index (κ3) is 4.22. The number of carbonyl (C=O) groups is 1. The molecule has 0 fully saturated rings. The molecule has 176 valence electrons. The molecule has 4 aromatic rings. The minimum atomic E-state index is -0.489. The second-order valence-electron chi connectivity index (χ2n) is 7.66. The Balaban J connectivity index is 1.79. The van der Waals surface area contributed by atoms with E-state index >= 15 is 0 Å². The van der Waals surface area contributed by atoms with E-state index < -0.39 is 17.3 Å². The van der Waals surface area contributed by atoms with E-state index in [1.54, 1.807) is 32.0 Å². The summed E-state index contributed by atoms with van der Waals surface area (Å²) in [7, 11) is 2.92. The van der Waals surface area contributed by atoms with Crippen molar-refractivity contribution in [2.45, 2.75) is 20.4 Å². The fraction of sp³-hybridized carbons (Fsp3) is 0.208. The number of halogens is 2. The summed E-state index contributed by atoms with van der Waals surface area (Å²) in [6.45, 7) is 3.27. The minimum absolute atomic E-state index is 0.285. The van der Waals surface area contributed by atoms with Crippen molar-refractivity contribution in [2.75, 3.05) is 19.5 Å². The molecule has 0 aliphatic carbocycles. The van der Waals surface area contributed by atoms with E-state index in [4.69, 9.17) is 21.1 Å². The monoisotopic (exact) mass is 484 g/mol. The van der Waals surface area contributed by atoms with Crippen LogP contribution in [-0.4, -0.2) is 34.5 Å². The molecule has 0 unspecified atom stereocenters. The molecule has 2 aromatic carbocycles. The van der Waals surface area contributed by atoms with Crippen LogP contribution in [0, 0.1) is 19.7 Å². The first kappa shape index (κ1) is 23.3. The molecule has 2 heterocycles. The number of hydrogen-bond donors (Lipinski definition) is 1. The number of nitrogens with zero attached hydrogens (tertiary/aromatic N) is 3. The summed E-state index contributed by atoms with van der Waals surface area (Å²) < 4.78 is 27.2. The van der Waals surface area contributed by atoms with Gasteiger partial charge in [0, 0.05) is 17.5 Å². The van der Waals surface area contributed by atoms with E-state index in [9.17, 15) is 14.0 Å². The number of rotatable bonds is 6. The highest BCUT2D eigenvalue weighted by Crippen LogP contribution is 2.36. The number of aromatic nitrogens is 3. The molecular formula is C24H22ClFN4O4. The number of benzene rings is 2. The first-order valence-electron chi connectivity index (χ1n) is 10.3. The zero-order chi connectivity index (χ0) is 24.6. The van der Waals surface area contributed by atoms with Crippen LogP contribution in [0.4, 0.5) is 10.1 Å². The second-order valence-corrected chi connectivity index (χ2v) is 8.07. The molecule has 0 aliphatic rings. The average Bonchev–Trinajstić information content (AvgIpc) is 3.14. The van der Waals surface area contributed by atoms with Crippen LogP contribution in [0.15, 0.2) is 47.3 Å². The molecule has 0 saturated heterocycles. The Morgan fingerprint density at radius 3 is 2.53 bits per heavy atom. The van der Waals surface area contributed by atoms with Crippen LogP contribution >= 0.6 is 11.6 Å². The Morgan fingerprint density at radius 2 is 1.85 bits per heavy atom. The van der Waals surface area contributed by atoms with Crippen molar-refractivity contribution in [1.82, 2.24) is 14.3 Å². The van der Waals surface area contributed by atoms with Crippen LogP contribution in [0.5, 0.6) is 11.5 Å². The minimum Gasteiger partial charge on any atom is -0.495 e. The molecular weight excluding hydrogens is 463 g/mol. The highest BCUT2D eigenvalue weighted by Gasteiger charge is 2.20. The van der Waals surface area contributed by atoms with Gasteiger partial charge in [-0.05, 0) is 43.7 Å². The van der Waals surface area contributed by atoms with Crippen LogP contribution in [0.3, 0.4) is 0 Å². The standard InChI is InChI=1S/C24H22ClFN4O4/c1-13-8-22(32)29(12-21(31)27-18-10-17(25)19(33-3)11-20(18)34-4)24-23(13)14(2)28-30(24)16-7-5-6-15(26)9-16/h5-11H,12H2,1-4H3,(H,27,31). The Kier molecular flexibility index (Phi) is 6.30. The predicted octanol–water partition coefficient (Wildman–Crippen LogP) is 4.25. The zero-order valence-electron chi connectivity index (χ0n) is 19.0. The lowest BCUT2D eigenvalue weighted by Gasteiger charge is -2.15. The number of pyridine rings is 1. The fourth-order valence-corrected chi connectivity index (χ4v) is 4.14. The highest BCUT2D eigenvalue weighted by atomic mass is 35.5. The third-order valence-electron chi connectivity index (χ3n) is 5.39. The molecule has 8 nitrogen and oxygen atoms in total. The van der Waals surface area contributed by atoms with Crippen molar-refractivity contribution in [3.8, 4) is 17.2 Å². The first-order chi connectivity index (χ1) is 16.2. The van der Waals surface area contributed by atoms with Crippen molar-refractivity contribution < 1.29 is 18.7 Å². The largest absolute Gasteiger partial charge is 0.495 e. The molecule has 4 rings (SSSR count). The second kappa shape index (κ2) is 9.18. The summed E-state index contributed by atoms with van der Waals surface area (Å²) >= 11 is 6.20. The van der Waals surface area contributed by atoms with Crippen LogP contribution < -0.4 is 20.3 Å². The number of carbonyl (C=O) groups excluding carboxylic acids is 1. The smallest absolute Gasteiger partial charge is 0.252 e. The summed E-state index contributed by atoms with van der Waals surface area (Å²) in [5.74, 6) is -0.197. The van der Waals surface area contributed by atoms with Crippen molar-refractivity contribution in [3.05, 3.63) is 74.9 Å². The maximum atomic E-state index is 13.9. The molecule has 0 radical (unpaired) electrons. The van der Waals surface area contributed by atoms with E-state index in [0.29, 0.717) is 45.2 Å². The number of nitrogens with one attached hydrogen (secondary N) is 1. The van der Waals surface area contributed by atoms with Gasteiger partial charge >= 0.3 is 0 Å². The molecule has 0 bridgehead atoms. The Morgan fingerprint density at radius 1 is 1.12 bits per heavy atom. The molecule has 1 N–H and O–H groups in total. The van der Waals surface area contributed by atoms with E-state index in [1.165, 1.54) is 47.7 Å². The third-order valence-corrected chi connectivity index (χ3v) is 5.69. The summed E-state index contributed by atoms with van der Waals surface area (Å²) in [4.78, 5) is 26.0. The van der Waals surface area contributed by atoms with Gasteiger partial charge in [-0.1, -0.05) is 17.7 Å². The van der Waals surface area contributed by atoms with Gasteiger partial charge in [0.2, 0.25) is 5.91 Å². The number of aryl methyl sites for hydroxylation is 2. The van der Waals surface area contributed by atoms with Crippen LogP contribution in [0.25, 0.3) is 16.7 Å². The summed E-state index contributed by atoms with van der Waals surface area (Å²) in [6, 6.07) is 10.4. The van der Waals surface area contributed by atoms with Crippen LogP contribution in [0.2, 0.25) is 5.02 Å². The Labute approximate surface area is 199 Å². The van der Waals surface area contributed by atoms with Crippen molar-refractivity contribution in [1.29, 1.82) is 0 Å². The van der Waals surface area contributed by atoms with Gasteiger partial charge in [0.1, 0.15) is 29.5 Å². The lowest BCUT2D eigenvalue weighted by Crippen LogP contribution is -2.29. The number of ether oxygens (including phenoxy) is 2. The Hall–Kier alpha value is -3.85. The normalized spacial score (nSPS) is 11.0.